The van der Waals surface area contributed by atoms with Gasteiger partial charge in [0.05, 0.1) is 5.69 Å². The normalized spacial score (nSPS) is 10.3. The first-order valence-electron chi connectivity index (χ1n) is 5.08. The molecule has 1 aromatic heterocycles. The summed E-state index contributed by atoms with van der Waals surface area (Å²) >= 11 is 0. The first-order valence-corrected chi connectivity index (χ1v) is 5.08. The van der Waals surface area contributed by atoms with E-state index in [4.69, 9.17) is 5.73 Å². The van der Waals surface area contributed by atoms with E-state index >= 15 is 0 Å². The quantitative estimate of drug-likeness (QED) is 0.780. The number of aromatic nitrogens is 2. The predicted molar refractivity (Wildman–Crippen MR) is 67.1 cm³/mol. The fraction of sp³-hybridized carbons (Fsp3) is 0.0909. The van der Waals surface area contributed by atoms with Crippen LogP contribution in [-0.4, -0.2) is 9.13 Å². The van der Waals surface area contributed by atoms with Crippen LogP contribution in [0.1, 0.15) is 0 Å². The van der Waals surface area contributed by atoms with Gasteiger partial charge in [-0.25, -0.2) is 9.36 Å². The van der Waals surface area contributed by atoms with Crippen molar-refractivity contribution in [3.8, 4) is 5.69 Å². The molecule has 0 amide bonds. The molecule has 92 valence electrons. The second-order valence-corrected chi connectivity index (χ2v) is 3.64. The summed E-state index contributed by atoms with van der Waals surface area (Å²) in [4.78, 5) is 34.2. The first-order chi connectivity index (χ1) is 8.57. The summed E-state index contributed by atoms with van der Waals surface area (Å²) < 4.78 is 1.86. The van der Waals surface area contributed by atoms with E-state index < -0.39 is 16.9 Å². The second kappa shape index (κ2) is 4.28. The van der Waals surface area contributed by atoms with E-state index in [2.05, 4.69) is 5.18 Å². The van der Waals surface area contributed by atoms with Crippen molar-refractivity contribution in [2.75, 3.05) is 5.73 Å². The van der Waals surface area contributed by atoms with Gasteiger partial charge in [-0.1, -0.05) is 18.2 Å². The van der Waals surface area contributed by atoms with Crippen molar-refractivity contribution in [2.45, 2.75) is 0 Å². The van der Waals surface area contributed by atoms with Crippen molar-refractivity contribution < 1.29 is 0 Å². The zero-order valence-corrected chi connectivity index (χ0v) is 9.53. The van der Waals surface area contributed by atoms with Crippen LogP contribution in [0.5, 0.6) is 0 Å². The monoisotopic (exact) mass is 246 g/mol. The Bertz CT molecular complexity index is 716. The Morgan fingerprint density at radius 1 is 1.17 bits per heavy atom. The van der Waals surface area contributed by atoms with E-state index in [1.165, 1.54) is 7.05 Å². The summed E-state index contributed by atoms with van der Waals surface area (Å²) in [6, 6.07) is 8.46. The number of para-hydroxylation sites is 1. The van der Waals surface area contributed by atoms with Gasteiger partial charge in [0.1, 0.15) is 5.82 Å². The van der Waals surface area contributed by atoms with E-state index in [1.54, 1.807) is 30.3 Å². The maximum atomic E-state index is 12.0. The molecule has 1 aromatic carbocycles. The molecule has 2 aromatic rings. The molecule has 7 nitrogen and oxygen atoms in total. The highest BCUT2D eigenvalue weighted by Crippen LogP contribution is 2.17. The molecule has 0 fully saturated rings. The van der Waals surface area contributed by atoms with E-state index in [1.807, 2.05) is 0 Å². The van der Waals surface area contributed by atoms with Crippen LogP contribution in [0.3, 0.4) is 0 Å². The summed E-state index contributed by atoms with van der Waals surface area (Å²) in [5.74, 6) is -0.260. The minimum Gasteiger partial charge on any atom is -0.383 e. The molecule has 0 saturated heterocycles. The van der Waals surface area contributed by atoms with Gasteiger partial charge in [-0.15, -0.1) is 4.91 Å². The number of nitrogens with two attached hydrogens (primary N) is 1. The highest BCUT2D eigenvalue weighted by molar-refractivity contribution is 5.59. The van der Waals surface area contributed by atoms with Crippen LogP contribution in [0.4, 0.5) is 11.5 Å². The molecule has 1 heterocycles. The minimum atomic E-state index is -0.806. The summed E-state index contributed by atoms with van der Waals surface area (Å²) in [6.07, 6.45) is 0. The van der Waals surface area contributed by atoms with Crippen LogP contribution >= 0.6 is 0 Å². The molecule has 0 bridgehead atoms. The zero-order valence-electron chi connectivity index (χ0n) is 9.53. The van der Waals surface area contributed by atoms with Crippen molar-refractivity contribution >= 4 is 11.5 Å². The number of hydrogen-bond donors (Lipinski definition) is 1. The third-order valence-electron chi connectivity index (χ3n) is 2.57. The zero-order chi connectivity index (χ0) is 13.3. The van der Waals surface area contributed by atoms with Crippen LogP contribution in [0.25, 0.3) is 5.69 Å². The van der Waals surface area contributed by atoms with E-state index in [9.17, 15) is 14.5 Å². The number of nitrogens with zero attached hydrogens (tertiary/aromatic N) is 3. The van der Waals surface area contributed by atoms with E-state index in [-0.39, 0.29) is 5.82 Å². The Morgan fingerprint density at radius 2 is 1.78 bits per heavy atom. The van der Waals surface area contributed by atoms with Crippen LogP contribution in [0.15, 0.2) is 45.1 Å². The van der Waals surface area contributed by atoms with Crippen molar-refractivity contribution in [1.29, 1.82) is 0 Å². The lowest BCUT2D eigenvalue weighted by Crippen LogP contribution is -2.38. The Morgan fingerprint density at radius 3 is 2.33 bits per heavy atom. The average Bonchev–Trinajstić information content (AvgIpc) is 2.38. The number of nitroso groups, excluding NO2 is 1. The summed E-state index contributed by atoms with van der Waals surface area (Å²) in [5.41, 5.74) is 4.21. The molecule has 0 saturated carbocycles. The largest absolute Gasteiger partial charge is 0.383 e. The number of nitrogen functional groups attached to an aromatic ring is 1. The van der Waals surface area contributed by atoms with Gasteiger partial charge in [-0.2, -0.15) is 0 Å². The van der Waals surface area contributed by atoms with Crippen molar-refractivity contribution in [3.05, 3.63) is 56.1 Å². The van der Waals surface area contributed by atoms with Crippen LogP contribution < -0.4 is 17.0 Å². The lowest BCUT2D eigenvalue weighted by molar-refractivity contribution is 0.736. The highest BCUT2D eigenvalue weighted by Gasteiger charge is 2.16. The molecule has 0 spiro atoms. The third-order valence-corrected chi connectivity index (χ3v) is 2.57. The molecule has 0 aliphatic heterocycles. The van der Waals surface area contributed by atoms with Crippen molar-refractivity contribution in [1.82, 2.24) is 9.13 Å². The Hall–Kier alpha value is -2.70. The third kappa shape index (κ3) is 1.61. The average molecular weight is 246 g/mol. The van der Waals surface area contributed by atoms with Crippen LogP contribution in [-0.2, 0) is 7.05 Å². The van der Waals surface area contributed by atoms with Crippen LogP contribution in [0.2, 0.25) is 0 Å². The minimum absolute atomic E-state index is 0.260. The van der Waals surface area contributed by atoms with Crippen molar-refractivity contribution in [2.24, 2.45) is 12.2 Å². The highest BCUT2D eigenvalue weighted by atomic mass is 16.3. The molecule has 0 aliphatic carbocycles. The van der Waals surface area contributed by atoms with E-state index in [0.717, 1.165) is 9.13 Å². The number of anilines is 1. The Labute approximate surface area is 101 Å². The molecule has 0 radical (unpaired) electrons. The lowest BCUT2D eigenvalue weighted by Gasteiger charge is -2.11. The molecule has 2 N–H and O–H groups in total. The summed E-state index contributed by atoms with van der Waals surface area (Å²) in [6.45, 7) is 0. The van der Waals surface area contributed by atoms with Gasteiger partial charge >= 0.3 is 5.69 Å². The van der Waals surface area contributed by atoms with Gasteiger partial charge in [-0.3, -0.25) is 9.36 Å². The Balaban J connectivity index is 2.93. The number of hydrogen-bond acceptors (Lipinski definition) is 5. The number of rotatable bonds is 2. The lowest BCUT2D eigenvalue weighted by atomic mass is 10.3. The fourth-order valence-electron chi connectivity index (χ4n) is 1.63. The molecule has 0 aliphatic rings. The van der Waals surface area contributed by atoms with Crippen LogP contribution in [0, 0.1) is 4.91 Å². The standard InChI is InChI=1S/C11H10N4O3/c1-14-10(16)8(13-18)9(12)15(11(14)17)7-5-3-2-4-6-7/h2-6H,12H2,1H3. The van der Waals surface area contributed by atoms with Gasteiger partial charge in [0.15, 0.2) is 0 Å². The topological polar surface area (TPSA) is 99.4 Å². The molecular weight excluding hydrogens is 236 g/mol. The SMILES string of the molecule is Cn1c(=O)c(N=O)c(N)n(-c2ccccc2)c1=O. The maximum absolute atomic E-state index is 12.0. The van der Waals surface area contributed by atoms with Gasteiger partial charge in [-0.05, 0) is 17.3 Å². The van der Waals surface area contributed by atoms with E-state index in [0.29, 0.717) is 5.69 Å². The fourth-order valence-corrected chi connectivity index (χ4v) is 1.63. The molecule has 18 heavy (non-hydrogen) atoms. The summed E-state index contributed by atoms with van der Waals surface area (Å²) in [5, 5.41) is 2.59. The van der Waals surface area contributed by atoms with Crippen molar-refractivity contribution in [3.63, 3.8) is 0 Å². The summed E-state index contributed by atoms with van der Waals surface area (Å²) in [7, 11) is 1.26. The molecule has 0 unspecified atom stereocenters. The molecule has 7 heteroatoms. The maximum Gasteiger partial charge on any atom is 0.337 e. The van der Waals surface area contributed by atoms with Gasteiger partial charge < -0.3 is 5.73 Å². The number of benzene rings is 1. The van der Waals surface area contributed by atoms with Gasteiger partial charge in [0, 0.05) is 7.05 Å². The molecular formula is C11H10N4O3. The Kier molecular flexibility index (Phi) is 2.80. The first kappa shape index (κ1) is 11.8. The van der Waals surface area contributed by atoms with Gasteiger partial charge in [0.25, 0.3) is 5.56 Å². The smallest absolute Gasteiger partial charge is 0.337 e. The molecule has 2 rings (SSSR count). The predicted octanol–water partition coefficient (Wildman–Crippen LogP) is 0.516. The second-order valence-electron chi connectivity index (χ2n) is 3.64. The van der Waals surface area contributed by atoms with Gasteiger partial charge in [0.2, 0.25) is 5.69 Å². The molecule has 0 atom stereocenters.